The first-order chi connectivity index (χ1) is 15.5. The van der Waals surface area contributed by atoms with Crippen molar-refractivity contribution in [2.45, 2.75) is 13.5 Å². The van der Waals surface area contributed by atoms with Crippen molar-refractivity contribution >= 4 is 23.5 Å². The highest BCUT2D eigenvalue weighted by Gasteiger charge is 2.17. The fourth-order valence-electron chi connectivity index (χ4n) is 2.88. The van der Waals surface area contributed by atoms with Gasteiger partial charge in [0.25, 0.3) is 5.91 Å². The van der Waals surface area contributed by atoms with Crippen LogP contribution in [0, 0.1) is 0 Å². The first kappa shape index (κ1) is 23.1. The molecule has 0 saturated carbocycles. The summed E-state index contributed by atoms with van der Waals surface area (Å²) in [7, 11) is 1.60. The van der Waals surface area contributed by atoms with E-state index in [0.717, 1.165) is 22.4 Å². The number of carbonyl (C=O) groups excluding carboxylic acids is 2. The van der Waals surface area contributed by atoms with Crippen molar-refractivity contribution in [3.63, 3.8) is 0 Å². The average Bonchev–Trinajstić information content (AvgIpc) is 2.81. The molecule has 0 fully saturated rings. The Morgan fingerprint density at radius 3 is 2.53 bits per heavy atom. The van der Waals surface area contributed by atoms with Crippen LogP contribution in [0.15, 0.2) is 60.8 Å². The molecule has 1 amide bonds. The van der Waals surface area contributed by atoms with Crippen LogP contribution >= 0.6 is 11.6 Å². The van der Waals surface area contributed by atoms with Gasteiger partial charge in [0.1, 0.15) is 18.9 Å². The number of halogens is 1. The first-order valence-corrected chi connectivity index (χ1v) is 10.3. The Labute approximate surface area is 191 Å². The Hall–Kier alpha value is -3.58. The van der Waals surface area contributed by atoms with Gasteiger partial charge in [-0.1, -0.05) is 35.9 Å². The number of hydrogen-bond donors (Lipinski definition) is 1. The van der Waals surface area contributed by atoms with Crippen LogP contribution in [0.5, 0.6) is 11.5 Å². The van der Waals surface area contributed by atoms with Crippen LogP contribution in [0.25, 0.3) is 11.1 Å². The molecule has 0 aliphatic carbocycles. The Bertz CT molecular complexity index is 1090. The standard InChI is InChI=1S/C24H23ClN2O5/c1-3-31-22(28)14-27-24(29)23-21(32-15-16-7-9-20(30-2)10-8-16)12-18(13-26-23)17-5-4-6-19(25)11-17/h4-13H,3,14-15H2,1-2H3,(H,27,29). The maximum absolute atomic E-state index is 12.7. The molecule has 0 aliphatic rings. The topological polar surface area (TPSA) is 86.8 Å². The van der Waals surface area contributed by atoms with E-state index in [0.29, 0.717) is 5.02 Å². The molecule has 8 heteroatoms. The van der Waals surface area contributed by atoms with Crippen molar-refractivity contribution in [3.05, 3.63) is 77.1 Å². The highest BCUT2D eigenvalue weighted by molar-refractivity contribution is 6.30. The Balaban J connectivity index is 1.85. The van der Waals surface area contributed by atoms with E-state index in [1.165, 1.54) is 0 Å². The summed E-state index contributed by atoms with van der Waals surface area (Å²) in [6.07, 6.45) is 1.56. The van der Waals surface area contributed by atoms with Crippen molar-refractivity contribution < 1.29 is 23.8 Å². The van der Waals surface area contributed by atoms with Gasteiger partial charge in [0.05, 0.1) is 13.7 Å². The third kappa shape index (κ3) is 6.21. The molecule has 2 aromatic carbocycles. The summed E-state index contributed by atoms with van der Waals surface area (Å²) in [5.74, 6) is -0.0606. The zero-order chi connectivity index (χ0) is 22.9. The molecule has 1 heterocycles. The summed E-state index contributed by atoms with van der Waals surface area (Å²) < 4.78 is 16.0. The third-order valence-corrected chi connectivity index (χ3v) is 4.71. The van der Waals surface area contributed by atoms with Crippen molar-refractivity contribution in [3.8, 4) is 22.6 Å². The number of ether oxygens (including phenoxy) is 3. The van der Waals surface area contributed by atoms with Crippen molar-refractivity contribution in [2.24, 2.45) is 0 Å². The minimum Gasteiger partial charge on any atom is -0.497 e. The summed E-state index contributed by atoms with van der Waals surface area (Å²) in [6, 6.07) is 16.4. The molecule has 0 unspecified atom stereocenters. The number of rotatable bonds is 9. The van der Waals surface area contributed by atoms with E-state index < -0.39 is 11.9 Å². The SMILES string of the molecule is CCOC(=O)CNC(=O)c1ncc(-c2cccc(Cl)c2)cc1OCc1ccc(OC)cc1. The van der Waals surface area contributed by atoms with Gasteiger partial charge in [0.15, 0.2) is 11.4 Å². The number of methoxy groups -OCH3 is 1. The van der Waals surface area contributed by atoms with E-state index in [2.05, 4.69) is 10.3 Å². The van der Waals surface area contributed by atoms with Gasteiger partial charge in [-0.25, -0.2) is 4.98 Å². The zero-order valence-electron chi connectivity index (χ0n) is 17.8. The minimum atomic E-state index is -0.541. The number of esters is 1. The number of benzene rings is 2. The first-order valence-electron chi connectivity index (χ1n) is 9.95. The van der Waals surface area contributed by atoms with Crippen LogP contribution in [0.2, 0.25) is 5.02 Å². The summed E-state index contributed by atoms with van der Waals surface area (Å²) in [5.41, 5.74) is 2.52. The molecule has 166 valence electrons. The number of nitrogens with one attached hydrogen (secondary N) is 1. The van der Waals surface area contributed by atoms with E-state index in [9.17, 15) is 9.59 Å². The molecule has 0 atom stereocenters. The second-order valence-electron chi connectivity index (χ2n) is 6.71. The largest absolute Gasteiger partial charge is 0.497 e. The maximum atomic E-state index is 12.7. The molecule has 0 radical (unpaired) electrons. The lowest BCUT2D eigenvalue weighted by molar-refractivity contribution is -0.141. The molecular formula is C24H23ClN2O5. The Morgan fingerprint density at radius 1 is 1.06 bits per heavy atom. The third-order valence-electron chi connectivity index (χ3n) is 4.48. The fourth-order valence-corrected chi connectivity index (χ4v) is 3.07. The van der Waals surface area contributed by atoms with Gasteiger partial charge in [-0.2, -0.15) is 0 Å². The molecule has 1 N–H and O–H groups in total. The van der Waals surface area contributed by atoms with Gasteiger partial charge in [-0.15, -0.1) is 0 Å². The Morgan fingerprint density at radius 2 is 1.84 bits per heavy atom. The van der Waals surface area contributed by atoms with Gasteiger partial charge in [0, 0.05) is 16.8 Å². The van der Waals surface area contributed by atoms with Gasteiger partial charge >= 0.3 is 5.97 Å². The predicted molar refractivity (Wildman–Crippen MR) is 121 cm³/mol. The minimum absolute atomic E-state index is 0.0635. The van der Waals surface area contributed by atoms with E-state index in [1.54, 1.807) is 38.4 Å². The molecular weight excluding hydrogens is 432 g/mol. The van der Waals surface area contributed by atoms with Crippen LogP contribution in [-0.2, 0) is 16.1 Å². The summed E-state index contributed by atoms with van der Waals surface area (Å²) in [5, 5.41) is 3.09. The average molecular weight is 455 g/mol. The molecule has 3 aromatic rings. The summed E-state index contributed by atoms with van der Waals surface area (Å²) in [4.78, 5) is 28.6. The quantitative estimate of drug-likeness (QED) is 0.485. The molecule has 0 bridgehead atoms. The molecule has 32 heavy (non-hydrogen) atoms. The summed E-state index contributed by atoms with van der Waals surface area (Å²) >= 11 is 6.11. The normalized spacial score (nSPS) is 10.3. The van der Waals surface area contributed by atoms with E-state index in [1.807, 2.05) is 36.4 Å². The number of amides is 1. The summed E-state index contributed by atoms with van der Waals surface area (Å²) in [6.45, 7) is 1.88. The Kier molecular flexibility index (Phi) is 8.05. The fraction of sp³-hybridized carbons (Fsp3) is 0.208. The van der Waals surface area contributed by atoms with Crippen LogP contribution in [0.4, 0.5) is 0 Å². The lowest BCUT2D eigenvalue weighted by Crippen LogP contribution is -2.31. The molecule has 7 nitrogen and oxygen atoms in total. The number of hydrogen-bond acceptors (Lipinski definition) is 6. The number of pyridine rings is 1. The van der Waals surface area contributed by atoms with E-state index in [-0.39, 0.29) is 31.2 Å². The molecule has 3 rings (SSSR count). The van der Waals surface area contributed by atoms with Crippen LogP contribution in [0.1, 0.15) is 23.0 Å². The number of nitrogens with zero attached hydrogens (tertiary/aromatic N) is 1. The van der Waals surface area contributed by atoms with E-state index in [4.69, 9.17) is 25.8 Å². The van der Waals surface area contributed by atoms with Crippen LogP contribution in [-0.4, -0.2) is 37.1 Å². The van der Waals surface area contributed by atoms with Crippen LogP contribution in [0.3, 0.4) is 0 Å². The van der Waals surface area contributed by atoms with E-state index >= 15 is 0 Å². The predicted octanol–water partition coefficient (Wildman–Crippen LogP) is 4.28. The van der Waals surface area contributed by atoms with Crippen molar-refractivity contribution in [2.75, 3.05) is 20.3 Å². The maximum Gasteiger partial charge on any atom is 0.325 e. The molecule has 1 aromatic heterocycles. The number of carbonyl (C=O) groups is 2. The second kappa shape index (κ2) is 11.2. The number of aromatic nitrogens is 1. The lowest BCUT2D eigenvalue weighted by atomic mass is 10.1. The van der Waals surface area contributed by atoms with Crippen LogP contribution < -0.4 is 14.8 Å². The molecule has 0 spiro atoms. The lowest BCUT2D eigenvalue weighted by Gasteiger charge is -2.13. The zero-order valence-corrected chi connectivity index (χ0v) is 18.5. The van der Waals surface area contributed by atoms with Gasteiger partial charge in [-0.3, -0.25) is 9.59 Å². The van der Waals surface area contributed by atoms with Crippen molar-refractivity contribution in [1.82, 2.24) is 10.3 Å². The molecule has 0 aliphatic heterocycles. The molecule has 0 saturated heterocycles. The highest BCUT2D eigenvalue weighted by Crippen LogP contribution is 2.28. The van der Waals surface area contributed by atoms with Gasteiger partial charge in [-0.05, 0) is 48.4 Å². The second-order valence-corrected chi connectivity index (χ2v) is 7.14. The highest BCUT2D eigenvalue weighted by atomic mass is 35.5. The van der Waals surface area contributed by atoms with Gasteiger partial charge < -0.3 is 19.5 Å². The smallest absolute Gasteiger partial charge is 0.325 e. The van der Waals surface area contributed by atoms with Gasteiger partial charge in [0.2, 0.25) is 0 Å². The van der Waals surface area contributed by atoms with Crippen molar-refractivity contribution in [1.29, 1.82) is 0 Å². The monoisotopic (exact) mass is 454 g/mol.